The number of nitrogens with zero attached hydrogens (tertiary/aromatic N) is 2. The van der Waals surface area contributed by atoms with Crippen LogP contribution in [0, 0.1) is 23.7 Å². The van der Waals surface area contributed by atoms with Gasteiger partial charge in [-0.05, 0) is 61.4 Å². The molecule has 11 heteroatoms. The quantitative estimate of drug-likeness (QED) is 0.153. The van der Waals surface area contributed by atoms with Crippen molar-refractivity contribution in [1.82, 2.24) is 4.90 Å². The molecule has 1 saturated carbocycles. The third-order valence-corrected chi connectivity index (χ3v) is 11.3. The Hall–Kier alpha value is -4.96. The number of aliphatic carboxylic acids is 1. The number of aromatic hydroxyl groups is 1. The van der Waals surface area contributed by atoms with Crippen LogP contribution in [0.2, 0.25) is 5.02 Å². The van der Waals surface area contributed by atoms with Crippen LogP contribution in [-0.2, 0) is 29.4 Å². The first-order chi connectivity index (χ1) is 24.1. The maximum absolute atomic E-state index is 15.3. The van der Waals surface area contributed by atoms with Crippen LogP contribution in [0.15, 0.2) is 84.4 Å². The van der Waals surface area contributed by atoms with E-state index in [9.17, 15) is 24.3 Å². The lowest BCUT2D eigenvalue weighted by molar-refractivity contribution is -0.141. The van der Waals surface area contributed by atoms with E-state index in [1.54, 1.807) is 42.5 Å². The van der Waals surface area contributed by atoms with Crippen LogP contribution in [0.1, 0.15) is 55.6 Å². The highest BCUT2D eigenvalue weighted by Crippen LogP contribution is 2.65. The summed E-state index contributed by atoms with van der Waals surface area (Å²) in [5.74, 6) is -6.18. The number of ether oxygens (including phenoxy) is 1. The number of para-hydroxylation sites is 1. The molecule has 4 aliphatic rings. The van der Waals surface area contributed by atoms with Gasteiger partial charge in [0, 0.05) is 29.5 Å². The summed E-state index contributed by atoms with van der Waals surface area (Å²) in [5.41, 5.74) is 0.511. The molecule has 50 heavy (non-hydrogen) atoms. The van der Waals surface area contributed by atoms with Crippen molar-refractivity contribution in [2.45, 2.75) is 49.9 Å². The van der Waals surface area contributed by atoms with E-state index in [1.807, 2.05) is 36.4 Å². The zero-order chi connectivity index (χ0) is 35.3. The Morgan fingerprint density at radius 2 is 1.68 bits per heavy atom. The number of hydrogen-bond donors (Lipinski definition) is 2. The number of rotatable bonds is 10. The zero-order valence-electron chi connectivity index (χ0n) is 27.5. The Labute approximate surface area is 294 Å². The fraction of sp³-hybridized carbons (Fsp3) is 0.359. The Balaban J connectivity index is 1.38. The van der Waals surface area contributed by atoms with Crippen molar-refractivity contribution in [3.05, 3.63) is 101 Å². The number of carboxylic acid groups (broad SMARTS) is 1. The second-order valence-corrected chi connectivity index (χ2v) is 14.0. The topological polar surface area (TPSA) is 142 Å². The lowest BCUT2D eigenvalue weighted by atomic mass is 9.49. The largest absolute Gasteiger partial charge is 0.504 e. The SMILES string of the molecule is COc1cccc([C@H]2C3=CC[C@@H]4C(=O)N(CCCCCC(=O)O)C(=O)[C@@H]4[C@@H]3C[C@H]3C(=O)N(c4cccc(Cl)c4)C(=O)[C@@]23c2ccccc2)c1O. The van der Waals surface area contributed by atoms with Crippen molar-refractivity contribution in [1.29, 1.82) is 0 Å². The first-order valence-electron chi connectivity index (χ1n) is 16.9. The van der Waals surface area contributed by atoms with Gasteiger partial charge in [-0.25, -0.2) is 4.90 Å². The Morgan fingerprint density at radius 3 is 2.40 bits per heavy atom. The van der Waals surface area contributed by atoms with Gasteiger partial charge >= 0.3 is 5.97 Å². The predicted molar refractivity (Wildman–Crippen MR) is 184 cm³/mol. The molecule has 2 N–H and O–H groups in total. The number of amides is 4. The van der Waals surface area contributed by atoms with Crippen molar-refractivity contribution in [2.75, 3.05) is 18.6 Å². The number of phenolic OH excluding ortho intramolecular Hbond substituents is 1. The highest BCUT2D eigenvalue weighted by molar-refractivity contribution is 6.32. The zero-order valence-corrected chi connectivity index (χ0v) is 28.2. The van der Waals surface area contributed by atoms with Crippen molar-refractivity contribution in [2.24, 2.45) is 23.7 Å². The van der Waals surface area contributed by atoms with E-state index in [1.165, 1.54) is 16.9 Å². The minimum absolute atomic E-state index is 0.0184. The van der Waals surface area contributed by atoms with Gasteiger partial charge in [-0.15, -0.1) is 0 Å². The van der Waals surface area contributed by atoms with Crippen LogP contribution in [-0.4, -0.2) is 58.4 Å². The summed E-state index contributed by atoms with van der Waals surface area (Å²) in [7, 11) is 1.44. The summed E-state index contributed by atoms with van der Waals surface area (Å²) in [4.78, 5) is 71.5. The average molecular weight is 697 g/mol. The number of anilines is 1. The molecule has 2 aliphatic carbocycles. The number of likely N-dealkylation sites (tertiary alicyclic amines) is 1. The number of carbonyl (C=O) groups excluding carboxylic acids is 4. The highest BCUT2D eigenvalue weighted by atomic mass is 35.5. The molecular formula is C39H37ClN2O8. The van der Waals surface area contributed by atoms with Crippen molar-refractivity contribution >= 4 is 46.9 Å². The number of halogens is 1. The molecule has 0 aromatic heterocycles. The lowest BCUT2D eigenvalue weighted by Gasteiger charge is -2.50. The van der Waals surface area contributed by atoms with Gasteiger partial charge in [-0.2, -0.15) is 0 Å². The van der Waals surface area contributed by atoms with Crippen molar-refractivity contribution in [3.8, 4) is 11.5 Å². The number of unbranched alkanes of at least 4 members (excludes halogenated alkanes) is 2. The van der Waals surface area contributed by atoms with Crippen LogP contribution >= 0.6 is 11.6 Å². The van der Waals surface area contributed by atoms with E-state index in [-0.39, 0.29) is 49.1 Å². The number of methoxy groups -OCH3 is 1. The molecule has 0 bridgehead atoms. The molecule has 3 aromatic carbocycles. The lowest BCUT2D eigenvalue weighted by Crippen LogP contribution is -2.53. The molecule has 2 heterocycles. The van der Waals surface area contributed by atoms with Gasteiger partial charge in [0.15, 0.2) is 11.5 Å². The molecule has 6 atom stereocenters. The second-order valence-electron chi connectivity index (χ2n) is 13.5. The summed E-state index contributed by atoms with van der Waals surface area (Å²) < 4.78 is 5.51. The standard InChI is InChI=1S/C39H37ClN2O8/c1-50-30-15-9-14-27(34(30)45)33-25-17-18-26-32(37(48)41(35(26)46)19-7-3-6-16-31(43)44)28(25)21-29-36(47)42(24-13-8-12-23(40)20-24)38(49)39(29,33)22-10-4-2-5-11-22/h2,4-5,8-15,17,20,26,28-29,32-33,45H,3,6-7,16,18-19,21H2,1H3,(H,43,44)/t26-,28+,29-,32-,33+,39+/m0/s1. The summed E-state index contributed by atoms with van der Waals surface area (Å²) in [6.07, 6.45) is 3.84. The molecule has 2 aliphatic heterocycles. The van der Waals surface area contributed by atoms with Crippen LogP contribution in [0.5, 0.6) is 11.5 Å². The molecule has 10 nitrogen and oxygen atoms in total. The molecule has 0 radical (unpaired) electrons. The molecular weight excluding hydrogens is 660 g/mol. The summed E-state index contributed by atoms with van der Waals surface area (Å²) >= 11 is 6.37. The Kier molecular flexibility index (Phi) is 8.76. The van der Waals surface area contributed by atoms with Crippen LogP contribution in [0.4, 0.5) is 5.69 Å². The Morgan fingerprint density at radius 1 is 0.920 bits per heavy atom. The van der Waals surface area contributed by atoms with Gasteiger partial charge in [0.25, 0.3) is 0 Å². The minimum atomic E-state index is -1.52. The number of hydrogen-bond acceptors (Lipinski definition) is 7. The minimum Gasteiger partial charge on any atom is -0.504 e. The maximum Gasteiger partial charge on any atom is 0.303 e. The van der Waals surface area contributed by atoms with E-state index in [0.29, 0.717) is 41.1 Å². The number of carboxylic acids is 1. The third kappa shape index (κ3) is 5.11. The maximum atomic E-state index is 15.3. The van der Waals surface area contributed by atoms with Gasteiger partial charge in [0.1, 0.15) is 0 Å². The number of imide groups is 2. The number of fused-ring (bicyclic) bond motifs is 4. The van der Waals surface area contributed by atoms with E-state index < -0.39 is 52.8 Å². The molecule has 7 rings (SSSR count). The van der Waals surface area contributed by atoms with Gasteiger partial charge in [-0.3, -0.25) is 28.9 Å². The van der Waals surface area contributed by atoms with Gasteiger partial charge in [0.2, 0.25) is 23.6 Å². The van der Waals surface area contributed by atoms with E-state index >= 15 is 4.79 Å². The third-order valence-electron chi connectivity index (χ3n) is 11.1. The van der Waals surface area contributed by atoms with Gasteiger partial charge in [-0.1, -0.05) is 78.2 Å². The van der Waals surface area contributed by atoms with E-state index in [2.05, 4.69) is 0 Å². The average Bonchev–Trinajstić information content (AvgIpc) is 3.49. The number of phenols is 1. The molecule has 4 amide bonds. The molecule has 258 valence electrons. The van der Waals surface area contributed by atoms with Crippen molar-refractivity contribution < 1.29 is 38.9 Å². The van der Waals surface area contributed by atoms with Crippen molar-refractivity contribution in [3.63, 3.8) is 0 Å². The molecule has 2 saturated heterocycles. The summed E-state index contributed by atoms with van der Waals surface area (Å²) in [5, 5.41) is 21.1. The van der Waals surface area contributed by atoms with E-state index in [0.717, 1.165) is 5.57 Å². The number of allylic oxidation sites excluding steroid dienone is 2. The predicted octanol–water partition coefficient (Wildman–Crippen LogP) is 5.86. The van der Waals surface area contributed by atoms with E-state index in [4.69, 9.17) is 21.4 Å². The molecule has 3 fully saturated rings. The fourth-order valence-electron chi connectivity index (χ4n) is 9.03. The highest BCUT2D eigenvalue weighted by Gasteiger charge is 2.70. The second kappa shape index (κ2) is 13.1. The first-order valence-corrected chi connectivity index (χ1v) is 17.3. The molecule has 0 unspecified atom stereocenters. The normalized spacial score (nSPS) is 27.2. The van der Waals surface area contributed by atoms with Crippen LogP contribution in [0.25, 0.3) is 0 Å². The van der Waals surface area contributed by atoms with Gasteiger partial charge in [0.05, 0.1) is 36.0 Å². The fourth-order valence-corrected chi connectivity index (χ4v) is 9.22. The first kappa shape index (κ1) is 33.5. The summed E-state index contributed by atoms with van der Waals surface area (Å²) in [6, 6.07) is 20.7. The molecule has 0 spiro atoms. The number of carbonyl (C=O) groups is 5. The smallest absolute Gasteiger partial charge is 0.303 e. The van der Waals surface area contributed by atoms with Gasteiger partial charge < -0.3 is 14.9 Å². The summed E-state index contributed by atoms with van der Waals surface area (Å²) in [6.45, 7) is 0.184. The monoisotopic (exact) mass is 696 g/mol. The Bertz CT molecular complexity index is 1930. The van der Waals surface area contributed by atoms with Crippen LogP contribution in [0.3, 0.4) is 0 Å². The van der Waals surface area contributed by atoms with Crippen LogP contribution < -0.4 is 9.64 Å². The molecule has 3 aromatic rings. The number of benzene rings is 3.